The Balaban J connectivity index is 1.36. The summed E-state index contributed by atoms with van der Waals surface area (Å²) in [7, 11) is 0. The molecule has 2 aromatic carbocycles. The van der Waals surface area contributed by atoms with Gasteiger partial charge in [0.05, 0.1) is 11.6 Å². The van der Waals surface area contributed by atoms with Crippen molar-refractivity contribution in [2.75, 3.05) is 19.7 Å². The number of hydrogen-bond acceptors (Lipinski definition) is 3. The Bertz CT molecular complexity index is 875. The van der Waals surface area contributed by atoms with E-state index < -0.39 is 0 Å². The number of ether oxygens (including phenoxy) is 1. The smallest absolute Gasteiger partial charge is 0.253 e. The SMILES string of the molecule is CC(C)c1ccc(C(=O)N2CCC(NC(=O)CCCOc3ccccc3Cl)CC2)cc1. The highest BCUT2D eigenvalue weighted by Gasteiger charge is 2.24. The van der Waals surface area contributed by atoms with Gasteiger partial charge in [0.25, 0.3) is 5.91 Å². The Hall–Kier alpha value is -2.53. The molecule has 0 saturated carbocycles. The van der Waals surface area contributed by atoms with Crippen molar-refractivity contribution in [1.82, 2.24) is 10.2 Å². The molecule has 0 bridgehead atoms. The van der Waals surface area contributed by atoms with Gasteiger partial charge in [0.2, 0.25) is 5.91 Å². The molecule has 166 valence electrons. The topological polar surface area (TPSA) is 58.6 Å². The number of para-hydroxylation sites is 1. The lowest BCUT2D eigenvalue weighted by Crippen LogP contribution is -2.46. The highest BCUT2D eigenvalue weighted by Crippen LogP contribution is 2.23. The van der Waals surface area contributed by atoms with Gasteiger partial charge in [0.15, 0.2) is 0 Å². The van der Waals surface area contributed by atoms with E-state index in [-0.39, 0.29) is 17.9 Å². The number of carbonyl (C=O) groups excluding carboxylic acids is 2. The lowest BCUT2D eigenvalue weighted by Gasteiger charge is -2.32. The minimum atomic E-state index is 0.0248. The molecular weight excluding hydrogens is 412 g/mol. The molecule has 6 heteroatoms. The van der Waals surface area contributed by atoms with Crippen LogP contribution in [0, 0.1) is 0 Å². The van der Waals surface area contributed by atoms with Crippen molar-refractivity contribution in [2.45, 2.75) is 51.5 Å². The Labute approximate surface area is 189 Å². The highest BCUT2D eigenvalue weighted by molar-refractivity contribution is 6.32. The largest absolute Gasteiger partial charge is 0.492 e. The maximum Gasteiger partial charge on any atom is 0.253 e. The molecule has 1 heterocycles. The fourth-order valence-electron chi connectivity index (χ4n) is 3.70. The van der Waals surface area contributed by atoms with Crippen LogP contribution in [0.3, 0.4) is 0 Å². The van der Waals surface area contributed by atoms with E-state index in [0.717, 1.165) is 18.4 Å². The van der Waals surface area contributed by atoms with Crippen LogP contribution in [-0.2, 0) is 4.79 Å². The van der Waals surface area contributed by atoms with Gasteiger partial charge in [-0.3, -0.25) is 9.59 Å². The van der Waals surface area contributed by atoms with Crippen LogP contribution >= 0.6 is 11.6 Å². The van der Waals surface area contributed by atoms with E-state index in [1.54, 1.807) is 6.07 Å². The average Bonchev–Trinajstić information content (AvgIpc) is 2.78. The molecule has 0 radical (unpaired) electrons. The fourth-order valence-corrected chi connectivity index (χ4v) is 3.89. The first-order valence-electron chi connectivity index (χ1n) is 11.0. The number of hydrogen-bond donors (Lipinski definition) is 1. The van der Waals surface area contributed by atoms with E-state index in [1.165, 1.54) is 5.56 Å². The van der Waals surface area contributed by atoms with E-state index in [0.29, 0.717) is 49.2 Å². The van der Waals surface area contributed by atoms with Crippen molar-refractivity contribution < 1.29 is 14.3 Å². The predicted octanol–water partition coefficient (Wildman–Crippen LogP) is 5.04. The van der Waals surface area contributed by atoms with E-state index >= 15 is 0 Å². The lowest BCUT2D eigenvalue weighted by atomic mass is 10.0. The van der Waals surface area contributed by atoms with E-state index in [4.69, 9.17) is 16.3 Å². The zero-order chi connectivity index (χ0) is 22.2. The van der Waals surface area contributed by atoms with Gasteiger partial charge in [-0.25, -0.2) is 0 Å². The van der Waals surface area contributed by atoms with E-state index in [2.05, 4.69) is 19.2 Å². The van der Waals surface area contributed by atoms with Gasteiger partial charge < -0.3 is 15.0 Å². The third kappa shape index (κ3) is 6.73. The maximum absolute atomic E-state index is 12.7. The first-order valence-corrected chi connectivity index (χ1v) is 11.4. The molecule has 1 saturated heterocycles. The van der Waals surface area contributed by atoms with Crippen LogP contribution in [0.4, 0.5) is 0 Å². The molecule has 2 amide bonds. The molecule has 31 heavy (non-hydrogen) atoms. The van der Waals surface area contributed by atoms with Crippen molar-refractivity contribution >= 4 is 23.4 Å². The second kappa shape index (κ2) is 11.2. The van der Waals surface area contributed by atoms with Crippen LogP contribution < -0.4 is 10.1 Å². The van der Waals surface area contributed by atoms with Crippen LogP contribution in [0.5, 0.6) is 5.75 Å². The van der Waals surface area contributed by atoms with Crippen molar-refractivity contribution in [3.8, 4) is 5.75 Å². The summed E-state index contributed by atoms with van der Waals surface area (Å²) in [5, 5.41) is 3.66. The minimum absolute atomic E-state index is 0.0248. The van der Waals surface area contributed by atoms with Crippen LogP contribution in [0.15, 0.2) is 48.5 Å². The van der Waals surface area contributed by atoms with Gasteiger partial charge in [-0.05, 0) is 55.0 Å². The molecule has 1 N–H and O–H groups in total. The van der Waals surface area contributed by atoms with Crippen LogP contribution in [0.25, 0.3) is 0 Å². The second-order valence-electron chi connectivity index (χ2n) is 8.29. The fraction of sp³-hybridized carbons (Fsp3) is 0.440. The molecule has 0 aliphatic carbocycles. The van der Waals surface area contributed by atoms with Gasteiger partial charge in [-0.2, -0.15) is 0 Å². The number of piperidine rings is 1. The van der Waals surface area contributed by atoms with Crippen LogP contribution in [-0.4, -0.2) is 42.5 Å². The second-order valence-corrected chi connectivity index (χ2v) is 8.70. The Morgan fingerprint density at radius 2 is 1.77 bits per heavy atom. The zero-order valence-corrected chi connectivity index (χ0v) is 19.0. The number of benzene rings is 2. The number of likely N-dealkylation sites (tertiary alicyclic amines) is 1. The number of amides is 2. The summed E-state index contributed by atoms with van der Waals surface area (Å²) in [4.78, 5) is 26.9. The van der Waals surface area contributed by atoms with Gasteiger partial charge in [0, 0.05) is 31.1 Å². The van der Waals surface area contributed by atoms with E-state index in [1.807, 2.05) is 47.4 Å². The molecule has 0 atom stereocenters. The molecule has 1 aliphatic heterocycles. The summed E-state index contributed by atoms with van der Waals surface area (Å²) in [6.07, 6.45) is 2.59. The molecular formula is C25H31ClN2O3. The van der Waals surface area contributed by atoms with Crippen LogP contribution in [0.2, 0.25) is 5.02 Å². The summed E-state index contributed by atoms with van der Waals surface area (Å²) in [6, 6.07) is 15.3. The number of rotatable bonds is 8. The molecule has 5 nitrogen and oxygen atoms in total. The molecule has 1 aliphatic rings. The Kier molecular flexibility index (Phi) is 8.35. The van der Waals surface area contributed by atoms with Crippen molar-refractivity contribution in [3.63, 3.8) is 0 Å². The van der Waals surface area contributed by atoms with Crippen molar-refractivity contribution in [1.29, 1.82) is 0 Å². The van der Waals surface area contributed by atoms with Gasteiger partial charge in [0.1, 0.15) is 5.75 Å². The zero-order valence-electron chi connectivity index (χ0n) is 18.3. The molecule has 0 unspecified atom stereocenters. The highest BCUT2D eigenvalue weighted by atomic mass is 35.5. The minimum Gasteiger partial charge on any atom is -0.492 e. The standard InChI is InChI=1S/C25H31ClN2O3/c1-18(2)19-9-11-20(12-10-19)25(30)28-15-13-21(14-16-28)27-24(29)8-5-17-31-23-7-4-3-6-22(23)26/h3-4,6-7,9-12,18,21H,5,8,13-17H2,1-2H3,(H,27,29). The number of halogens is 1. The summed E-state index contributed by atoms with van der Waals surface area (Å²) >= 11 is 6.05. The normalized spacial score (nSPS) is 14.5. The molecule has 0 spiro atoms. The van der Waals surface area contributed by atoms with Crippen molar-refractivity contribution in [2.24, 2.45) is 0 Å². The predicted molar refractivity (Wildman–Crippen MR) is 124 cm³/mol. The third-order valence-corrected chi connectivity index (χ3v) is 5.93. The van der Waals surface area contributed by atoms with Crippen LogP contribution in [0.1, 0.15) is 61.4 Å². The summed E-state index contributed by atoms with van der Waals surface area (Å²) < 4.78 is 5.62. The average molecular weight is 443 g/mol. The first kappa shape index (κ1) is 23.1. The molecule has 0 aromatic heterocycles. The van der Waals surface area contributed by atoms with E-state index in [9.17, 15) is 9.59 Å². The van der Waals surface area contributed by atoms with Gasteiger partial charge in [-0.1, -0.05) is 49.7 Å². The molecule has 3 rings (SSSR count). The number of carbonyl (C=O) groups is 2. The number of nitrogens with one attached hydrogen (secondary N) is 1. The number of nitrogens with zero attached hydrogens (tertiary/aromatic N) is 1. The Morgan fingerprint density at radius 1 is 1.10 bits per heavy atom. The lowest BCUT2D eigenvalue weighted by molar-refractivity contribution is -0.122. The van der Waals surface area contributed by atoms with Crippen molar-refractivity contribution in [3.05, 3.63) is 64.7 Å². The van der Waals surface area contributed by atoms with Gasteiger partial charge >= 0.3 is 0 Å². The summed E-state index contributed by atoms with van der Waals surface area (Å²) in [6.45, 7) is 6.04. The quantitative estimate of drug-likeness (QED) is 0.582. The monoisotopic (exact) mass is 442 g/mol. The van der Waals surface area contributed by atoms with Gasteiger partial charge in [-0.15, -0.1) is 0 Å². The third-order valence-electron chi connectivity index (χ3n) is 5.61. The Morgan fingerprint density at radius 3 is 2.42 bits per heavy atom. The first-order chi connectivity index (χ1) is 14.9. The maximum atomic E-state index is 12.7. The molecule has 1 fully saturated rings. The summed E-state index contributed by atoms with van der Waals surface area (Å²) in [5.41, 5.74) is 1.96. The molecule has 2 aromatic rings. The summed E-state index contributed by atoms with van der Waals surface area (Å²) in [5.74, 6) is 1.18.